The second-order valence-corrected chi connectivity index (χ2v) is 14.4. The summed E-state index contributed by atoms with van der Waals surface area (Å²) in [5.74, 6) is -1.05. The molecule has 2 fully saturated rings. The number of rotatable bonds is 8. The van der Waals surface area contributed by atoms with Crippen LogP contribution in [0.2, 0.25) is 0 Å². The predicted octanol–water partition coefficient (Wildman–Crippen LogP) is 2.40. The SMILES string of the molecule is CN[C@@H](C)C(=O)N[C@H](C(=O)N1C[C@@H](O)C[C@H]1Cc1c(-c2ccc(F)cc2)n(C2O[C@@H](C)[C@@H](O)[C@@H](O)[C@@H]2O)c2cccc(C)c12)C(C)(C)C. The van der Waals surface area contributed by atoms with E-state index in [1.54, 1.807) is 42.5 Å². The van der Waals surface area contributed by atoms with E-state index in [0.717, 1.165) is 16.5 Å². The lowest BCUT2D eigenvalue weighted by Crippen LogP contribution is -2.58. The number of nitrogens with one attached hydrogen (secondary N) is 2. The largest absolute Gasteiger partial charge is 0.391 e. The summed E-state index contributed by atoms with van der Waals surface area (Å²) in [6.45, 7) is 11.0. The molecule has 2 aliphatic heterocycles. The zero-order chi connectivity index (χ0) is 35.2. The number of hydrogen-bond acceptors (Lipinski definition) is 8. The number of benzene rings is 2. The Morgan fingerprint density at radius 1 is 1.04 bits per heavy atom. The molecule has 11 nitrogen and oxygen atoms in total. The summed E-state index contributed by atoms with van der Waals surface area (Å²) in [4.78, 5) is 28.9. The maximum Gasteiger partial charge on any atom is 0.246 e. The number of halogens is 1. The van der Waals surface area contributed by atoms with Crippen LogP contribution in [-0.2, 0) is 20.7 Å². The van der Waals surface area contributed by atoms with Crippen LogP contribution in [-0.4, -0.2) is 104 Å². The molecule has 9 atom stereocenters. The van der Waals surface area contributed by atoms with Crippen molar-refractivity contribution in [1.82, 2.24) is 20.1 Å². The Bertz CT molecular complexity index is 1640. The molecule has 1 unspecified atom stereocenters. The van der Waals surface area contributed by atoms with Crippen LogP contribution in [0.3, 0.4) is 0 Å². The standard InChI is InChI=1S/C36H49FN4O7/c1-18-9-8-10-26-27(18)25(16-23-15-24(42)17-40(23)34(47)32(36(4,5)6)39-33(46)19(2)38-7)28(21-11-13-22(37)14-12-21)41(26)35-31(45)30(44)29(43)20(3)48-35/h8-14,19-20,23-24,29-32,35,38,42-45H,15-17H2,1-7H3,(H,39,46)/t19-,20-,23-,24-,29+,30+,31-,32+,35?/m0/s1. The van der Waals surface area contributed by atoms with Crippen molar-refractivity contribution in [2.45, 2.75) is 109 Å². The second-order valence-electron chi connectivity index (χ2n) is 14.4. The van der Waals surface area contributed by atoms with E-state index in [9.17, 15) is 34.4 Å². The summed E-state index contributed by atoms with van der Waals surface area (Å²) < 4.78 is 22.2. The monoisotopic (exact) mass is 668 g/mol. The molecule has 0 aliphatic carbocycles. The van der Waals surface area contributed by atoms with Crippen molar-refractivity contribution in [3.8, 4) is 11.3 Å². The van der Waals surface area contributed by atoms with Crippen LogP contribution in [0, 0.1) is 18.2 Å². The number of aliphatic hydroxyl groups excluding tert-OH is 4. The molecule has 1 aromatic heterocycles. The summed E-state index contributed by atoms with van der Waals surface area (Å²) in [6.07, 6.45) is -6.44. The number of aromatic nitrogens is 1. The average molecular weight is 669 g/mol. The molecule has 3 aromatic rings. The molecule has 0 spiro atoms. The van der Waals surface area contributed by atoms with E-state index < -0.39 is 66.1 Å². The Morgan fingerprint density at radius 3 is 2.33 bits per heavy atom. The third-order valence-electron chi connectivity index (χ3n) is 9.88. The van der Waals surface area contributed by atoms with Gasteiger partial charge in [0.05, 0.1) is 29.5 Å². The minimum absolute atomic E-state index is 0.0864. The first-order valence-corrected chi connectivity index (χ1v) is 16.6. The van der Waals surface area contributed by atoms with Gasteiger partial charge in [-0.25, -0.2) is 4.39 Å². The topological polar surface area (TPSA) is 157 Å². The number of carbonyl (C=O) groups is 2. The molecule has 5 rings (SSSR count). The number of amides is 2. The maximum absolute atomic E-state index is 14.3. The van der Waals surface area contributed by atoms with Gasteiger partial charge in [0.1, 0.15) is 30.2 Å². The fourth-order valence-electron chi connectivity index (χ4n) is 7.06. The second kappa shape index (κ2) is 13.9. The number of hydrogen-bond donors (Lipinski definition) is 6. The highest BCUT2D eigenvalue weighted by Crippen LogP contribution is 2.43. The Kier molecular flexibility index (Phi) is 10.4. The molecule has 262 valence electrons. The van der Waals surface area contributed by atoms with Gasteiger partial charge in [-0.05, 0) is 93.1 Å². The first-order chi connectivity index (χ1) is 22.5. The van der Waals surface area contributed by atoms with Crippen molar-refractivity contribution in [2.24, 2.45) is 5.41 Å². The van der Waals surface area contributed by atoms with Crippen molar-refractivity contribution >= 4 is 22.7 Å². The number of carbonyl (C=O) groups excluding carboxylic acids is 2. The number of likely N-dealkylation sites (tertiary alicyclic amines) is 1. The first-order valence-electron chi connectivity index (χ1n) is 16.6. The molecule has 2 aliphatic rings. The van der Waals surface area contributed by atoms with Crippen LogP contribution in [0.5, 0.6) is 0 Å². The number of likely N-dealkylation sites (N-methyl/N-ethyl adjacent to an activating group) is 1. The van der Waals surface area contributed by atoms with Gasteiger partial charge in [0.15, 0.2) is 6.23 Å². The lowest BCUT2D eigenvalue weighted by molar-refractivity contribution is -0.238. The van der Waals surface area contributed by atoms with Crippen LogP contribution in [0.4, 0.5) is 4.39 Å². The Morgan fingerprint density at radius 2 is 1.71 bits per heavy atom. The molecule has 0 bridgehead atoms. The average Bonchev–Trinajstić information content (AvgIpc) is 3.57. The van der Waals surface area contributed by atoms with E-state index in [2.05, 4.69) is 10.6 Å². The van der Waals surface area contributed by atoms with Gasteiger partial charge in [-0.15, -0.1) is 0 Å². The summed E-state index contributed by atoms with van der Waals surface area (Å²) in [7, 11) is 1.67. The highest BCUT2D eigenvalue weighted by molar-refractivity contribution is 5.95. The van der Waals surface area contributed by atoms with Gasteiger partial charge < -0.3 is 45.3 Å². The number of nitrogens with zero attached hydrogens (tertiary/aromatic N) is 2. The van der Waals surface area contributed by atoms with Crippen molar-refractivity contribution in [3.63, 3.8) is 0 Å². The van der Waals surface area contributed by atoms with Crippen LogP contribution < -0.4 is 10.6 Å². The summed E-state index contributed by atoms with van der Waals surface area (Å²) in [6, 6.07) is 9.76. The number of ether oxygens (including phenoxy) is 1. The summed E-state index contributed by atoms with van der Waals surface area (Å²) >= 11 is 0. The van der Waals surface area contributed by atoms with Gasteiger partial charge in [-0.1, -0.05) is 32.9 Å². The highest BCUT2D eigenvalue weighted by atomic mass is 19.1. The third-order valence-corrected chi connectivity index (χ3v) is 9.88. The normalized spacial score (nSPS) is 27.7. The molecule has 12 heteroatoms. The molecule has 0 saturated carbocycles. The highest BCUT2D eigenvalue weighted by Gasteiger charge is 2.46. The number of aryl methyl sites for hydroxylation is 1. The van der Waals surface area contributed by atoms with Gasteiger partial charge in [-0.3, -0.25) is 9.59 Å². The summed E-state index contributed by atoms with van der Waals surface area (Å²) in [5.41, 5.74) is 2.94. The summed E-state index contributed by atoms with van der Waals surface area (Å²) in [5, 5.41) is 50.2. The molecule has 6 N–H and O–H groups in total. The Balaban J connectivity index is 1.66. The van der Waals surface area contributed by atoms with E-state index in [-0.39, 0.29) is 31.2 Å². The van der Waals surface area contributed by atoms with Crippen molar-refractivity contribution in [3.05, 3.63) is 59.4 Å². The van der Waals surface area contributed by atoms with Crippen molar-refractivity contribution in [2.75, 3.05) is 13.6 Å². The van der Waals surface area contributed by atoms with E-state index in [4.69, 9.17) is 4.74 Å². The fraction of sp³-hybridized carbons (Fsp3) is 0.556. The van der Waals surface area contributed by atoms with E-state index in [1.807, 2.05) is 45.9 Å². The van der Waals surface area contributed by atoms with Crippen LogP contribution in [0.1, 0.15) is 58.4 Å². The van der Waals surface area contributed by atoms with Gasteiger partial charge in [0, 0.05) is 18.0 Å². The predicted molar refractivity (Wildman–Crippen MR) is 179 cm³/mol. The minimum atomic E-state index is -1.50. The quantitative estimate of drug-likeness (QED) is 0.214. The van der Waals surface area contributed by atoms with Gasteiger partial charge in [0.25, 0.3) is 0 Å². The van der Waals surface area contributed by atoms with Crippen LogP contribution >= 0.6 is 0 Å². The third kappa shape index (κ3) is 6.74. The van der Waals surface area contributed by atoms with Crippen molar-refractivity contribution in [1.29, 1.82) is 0 Å². The molecule has 2 amide bonds. The van der Waals surface area contributed by atoms with Crippen molar-refractivity contribution < 1.29 is 39.1 Å². The smallest absolute Gasteiger partial charge is 0.246 e. The number of fused-ring (bicyclic) bond motifs is 1. The zero-order valence-electron chi connectivity index (χ0n) is 28.6. The number of β-amino-alcohol motifs (C(OH)–C–C–N with tert-alkyl or cyclic N) is 1. The molecule has 2 saturated heterocycles. The molecular formula is C36H49FN4O7. The Labute approximate surface area is 280 Å². The lowest BCUT2D eigenvalue weighted by atomic mass is 9.85. The van der Waals surface area contributed by atoms with E-state index in [1.165, 1.54) is 12.1 Å². The molecular weight excluding hydrogens is 619 g/mol. The number of aliphatic hydroxyl groups is 4. The molecule has 3 heterocycles. The van der Waals surface area contributed by atoms with E-state index >= 15 is 0 Å². The zero-order valence-corrected chi connectivity index (χ0v) is 28.6. The van der Waals surface area contributed by atoms with Crippen LogP contribution in [0.25, 0.3) is 22.2 Å². The van der Waals surface area contributed by atoms with Gasteiger partial charge in [-0.2, -0.15) is 0 Å². The van der Waals surface area contributed by atoms with E-state index in [0.29, 0.717) is 16.8 Å². The molecule has 48 heavy (non-hydrogen) atoms. The Hall–Kier alpha value is -3.39. The molecule has 2 aromatic carbocycles. The minimum Gasteiger partial charge on any atom is -0.391 e. The fourth-order valence-corrected chi connectivity index (χ4v) is 7.06. The molecule has 0 radical (unpaired) electrons. The lowest BCUT2D eigenvalue weighted by Gasteiger charge is -2.41. The maximum atomic E-state index is 14.3. The van der Waals surface area contributed by atoms with Gasteiger partial charge >= 0.3 is 0 Å². The van der Waals surface area contributed by atoms with Crippen LogP contribution in [0.15, 0.2) is 42.5 Å². The first kappa shape index (κ1) is 35.9. The van der Waals surface area contributed by atoms with Gasteiger partial charge in [0.2, 0.25) is 11.8 Å².